The molecule has 0 fully saturated rings. The zero-order valence-corrected chi connectivity index (χ0v) is 12.7. The van der Waals surface area contributed by atoms with Crippen molar-refractivity contribution in [2.24, 2.45) is 0 Å². The number of benzene rings is 2. The number of hydrogen-bond donors (Lipinski definition) is 0. The van der Waals surface area contributed by atoms with E-state index >= 15 is 0 Å². The van der Waals surface area contributed by atoms with E-state index in [1.54, 1.807) is 0 Å². The van der Waals surface area contributed by atoms with Gasteiger partial charge in [-0.15, -0.1) is 26.3 Å². The Hall–Kier alpha value is -2.75. The normalized spacial score (nSPS) is 11.9. The van der Waals surface area contributed by atoms with Gasteiger partial charge in [0.2, 0.25) is 0 Å². The van der Waals surface area contributed by atoms with E-state index in [9.17, 15) is 31.1 Å². The van der Waals surface area contributed by atoms with Crippen LogP contribution in [0.25, 0.3) is 0 Å². The van der Waals surface area contributed by atoms with Crippen molar-refractivity contribution in [3.8, 4) is 11.5 Å². The van der Waals surface area contributed by atoms with Crippen LogP contribution >= 0.6 is 0 Å². The second-order valence-electron chi connectivity index (χ2n) is 4.84. The van der Waals surface area contributed by atoms with E-state index in [1.165, 1.54) is 24.3 Å². The molecular weight excluding hydrogens is 370 g/mol. The Bertz CT molecular complexity index is 735. The van der Waals surface area contributed by atoms with Crippen molar-refractivity contribution < 1.29 is 45.3 Å². The highest BCUT2D eigenvalue weighted by atomic mass is 19.4. The van der Waals surface area contributed by atoms with Crippen LogP contribution in [-0.2, 0) is 11.3 Å². The molecule has 0 aliphatic heterocycles. The summed E-state index contributed by atoms with van der Waals surface area (Å²) in [5, 5.41) is 0. The number of ether oxygens (including phenoxy) is 3. The molecule has 2 rings (SSSR count). The molecule has 0 saturated carbocycles. The van der Waals surface area contributed by atoms with Gasteiger partial charge in [-0.1, -0.05) is 12.1 Å². The fourth-order valence-electron chi connectivity index (χ4n) is 1.78. The van der Waals surface area contributed by atoms with Gasteiger partial charge >= 0.3 is 18.7 Å². The van der Waals surface area contributed by atoms with E-state index in [0.717, 1.165) is 24.3 Å². The van der Waals surface area contributed by atoms with Crippen LogP contribution in [0.5, 0.6) is 11.5 Å². The van der Waals surface area contributed by atoms with Crippen molar-refractivity contribution >= 4 is 5.97 Å². The number of rotatable bonds is 5. The van der Waals surface area contributed by atoms with Crippen molar-refractivity contribution in [3.63, 3.8) is 0 Å². The van der Waals surface area contributed by atoms with Crippen molar-refractivity contribution in [2.75, 3.05) is 0 Å². The SMILES string of the molecule is O=C(Oc1ccc(OC(F)(F)F)cc1)c1ccc(COC(F)(F)F)cc1. The number of alkyl halides is 6. The average molecular weight is 380 g/mol. The van der Waals surface area contributed by atoms with E-state index < -0.39 is 31.1 Å². The van der Waals surface area contributed by atoms with Gasteiger partial charge in [0, 0.05) is 0 Å². The Labute approximate surface area is 142 Å². The molecule has 0 bridgehead atoms. The number of carbonyl (C=O) groups is 1. The lowest BCUT2D eigenvalue weighted by Gasteiger charge is -2.10. The van der Waals surface area contributed by atoms with Crippen LogP contribution in [0.4, 0.5) is 26.3 Å². The largest absolute Gasteiger partial charge is 0.573 e. The molecule has 0 aliphatic carbocycles. The van der Waals surface area contributed by atoms with Gasteiger partial charge in [0.05, 0.1) is 12.2 Å². The lowest BCUT2D eigenvalue weighted by atomic mass is 10.1. The molecule has 0 aliphatic rings. The van der Waals surface area contributed by atoms with Crippen LogP contribution in [0.15, 0.2) is 48.5 Å². The first-order valence-electron chi connectivity index (χ1n) is 6.89. The maximum absolute atomic E-state index is 12.0. The van der Waals surface area contributed by atoms with Crippen LogP contribution in [0.3, 0.4) is 0 Å². The fourth-order valence-corrected chi connectivity index (χ4v) is 1.78. The molecule has 0 aromatic heterocycles. The third-order valence-electron chi connectivity index (χ3n) is 2.86. The third-order valence-corrected chi connectivity index (χ3v) is 2.86. The third kappa shape index (κ3) is 6.63. The minimum absolute atomic E-state index is 0.0333. The van der Waals surface area contributed by atoms with E-state index in [0.29, 0.717) is 0 Å². The monoisotopic (exact) mass is 380 g/mol. The quantitative estimate of drug-likeness (QED) is 0.423. The zero-order chi connectivity index (χ0) is 19.4. The van der Waals surface area contributed by atoms with Crippen molar-refractivity contribution in [1.82, 2.24) is 0 Å². The van der Waals surface area contributed by atoms with Gasteiger partial charge in [0.25, 0.3) is 0 Å². The van der Waals surface area contributed by atoms with E-state index in [2.05, 4.69) is 9.47 Å². The molecule has 2 aromatic rings. The van der Waals surface area contributed by atoms with Crippen LogP contribution in [0, 0.1) is 0 Å². The number of esters is 1. The van der Waals surface area contributed by atoms with Crippen molar-refractivity contribution in [1.29, 1.82) is 0 Å². The molecule has 0 radical (unpaired) electrons. The molecule has 0 spiro atoms. The highest BCUT2D eigenvalue weighted by Gasteiger charge is 2.31. The highest BCUT2D eigenvalue weighted by Crippen LogP contribution is 2.25. The van der Waals surface area contributed by atoms with Gasteiger partial charge in [-0.3, -0.25) is 4.74 Å². The smallest absolute Gasteiger partial charge is 0.423 e. The summed E-state index contributed by atoms with van der Waals surface area (Å²) in [4.78, 5) is 11.9. The molecule has 0 atom stereocenters. The van der Waals surface area contributed by atoms with Gasteiger partial charge in [-0.05, 0) is 42.0 Å². The molecule has 140 valence electrons. The first-order valence-corrected chi connectivity index (χ1v) is 6.89. The summed E-state index contributed by atoms with van der Waals surface area (Å²) < 4.78 is 84.2. The first-order chi connectivity index (χ1) is 12.0. The molecule has 2 aromatic carbocycles. The van der Waals surface area contributed by atoms with Crippen LogP contribution in [-0.4, -0.2) is 18.7 Å². The van der Waals surface area contributed by atoms with Gasteiger partial charge in [-0.2, -0.15) is 0 Å². The summed E-state index contributed by atoms with van der Waals surface area (Å²) in [6.45, 7) is -0.709. The predicted octanol–water partition coefficient (Wildman–Crippen LogP) is 4.84. The number of halogens is 6. The number of carbonyl (C=O) groups excluding carboxylic acids is 1. The molecule has 26 heavy (non-hydrogen) atoms. The molecule has 4 nitrogen and oxygen atoms in total. The zero-order valence-electron chi connectivity index (χ0n) is 12.7. The summed E-state index contributed by atoms with van der Waals surface area (Å²) >= 11 is 0. The maximum atomic E-state index is 12.0. The van der Waals surface area contributed by atoms with Gasteiger partial charge < -0.3 is 9.47 Å². The fraction of sp³-hybridized carbons (Fsp3) is 0.188. The van der Waals surface area contributed by atoms with Crippen molar-refractivity contribution in [2.45, 2.75) is 19.3 Å². The predicted molar refractivity (Wildman–Crippen MR) is 75.4 cm³/mol. The summed E-state index contributed by atoms with van der Waals surface area (Å²) in [5.41, 5.74) is 0.226. The average Bonchev–Trinajstić information content (AvgIpc) is 2.53. The molecule has 0 unspecified atom stereocenters. The molecule has 0 saturated heterocycles. The standard InChI is InChI=1S/C16H10F6O4/c17-15(18,19)24-9-10-1-3-11(4-2-10)14(23)25-12-5-7-13(8-6-12)26-16(20,21)22/h1-8H,9H2. The van der Waals surface area contributed by atoms with Crippen LogP contribution in [0.2, 0.25) is 0 Å². The topological polar surface area (TPSA) is 44.8 Å². The molecule has 0 amide bonds. The molecule has 10 heteroatoms. The van der Waals surface area contributed by atoms with E-state index in [4.69, 9.17) is 4.74 Å². The number of hydrogen-bond acceptors (Lipinski definition) is 4. The van der Waals surface area contributed by atoms with E-state index in [-0.39, 0.29) is 16.9 Å². The summed E-state index contributed by atoms with van der Waals surface area (Å²) in [5.74, 6) is -1.35. The van der Waals surface area contributed by atoms with Gasteiger partial charge in [-0.25, -0.2) is 4.79 Å². The Morgan fingerprint density at radius 3 is 1.81 bits per heavy atom. The lowest BCUT2D eigenvalue weighted by molar-refractivity contribution is -0.330. The van der Waals surface area contributed by atoms with E-state index in [1.807, 2.05) is 0 Å². The molecule has 0 N–H and O–H groups in total. The second kappa shape index (κ2) is 7.65. The second-order valence-corrected chi connectivity index (χ2v) is 4.84. The summed E-state index contributed by atoms with van der Waals surface area (Å²) in [7, 11) is 0. The molecular formula is C16H10F6O4. The lowest BCUT2D eigenvalue weighted by Crippen LogP contribution is -2.17. The maximum Gasteiger partial charge on any atom is 0.573 e. The summed E-state index contributed by atoms with van der Waals surface area (Å²) in [6, 6.07) is 9.11. The summed E-state index contributed by atoms with van der Waals surface area (Å²) in [6.07, 6.45) is -9.60. The minimum Gasteiger partial charge on any atom is -0.423 e. The molecule has 0 heterocycles. The van der Waals surface area contributed by atoms with Gasteiger partial charge in [0.1, 0.15) is 11.5 Å². The van der Waals surface area contributed by atoms with Crippen molar-refractivity contribution in [3.05, 3.63) is 59.7 Å². The Balaban J connectivity index is 1.95. The van der Waals surface area contributed by atoms with Gasteiger partial charge in [0.15, 0.2) is 0 Å². The van der Waals surface area contributed by atoms with Crippen LogP contribution < -0.4 is 9.47 Å². The van der Waals surface area contributed by atoms with Crippen LogP contribution in [0.1, 0.15) is 15.9 Å². The minimum atomic E-state index is -4.84. The Morgan fingerprint density at radius 1 is 0.769 bits per heavy atom. The highest BCUT2D eigenvalue weighted by molar-refractivity contribution is 5.91. The first kappa shape index (κ1) is 19.6. The Kier molecular flexibility index (Phi) is 5.76. The Morgan fingerprint density at radius 2 is 1.31 bits per heavy atom.